The number of rotatable bonds is 10. The fraction of sp³-hybridized carbons (Fsp3) is 1.00. The Kier molecular flexibility index (Phi) is 6.84. The maximum atomic E-state index is 5.70. The van der Waals surface area contributed by atoms with Crippen LogP contribution in [-0.4, -0.2) is 34.7 Å². The first kappa shape index (κ1) is 15.5. The highest BCUT2D eigenvalue weighted by atomic mass is 28.3. The summed E-state index contributed by atoms with van der Waals surface area (Å²) >= 11 is 0. The molecule has 1 aliphatic carbocycles. The minimum Gasteiger partial charge on any atom is -0.397 e. The van der Waals surface area contributed by atoms with Crippen LogP contribution < -0.4 is 0 Å². The van der Waals surface area contributed by atoms with Gasteiger partial charge in [0.15, 0.2) is 0 Å². The lowest BCUT2D eigenvalue weighted by molar-refractivity contribution is 0.212. The second kappa shape index (κ2) is 8.40. The molecule has 2 aliphatic rings. The number of epoxide rings is 1. The molecule has 4 heteroatoms. The van der Waals surface area contributed by atoms with Crippen LogP contribution in [0.2, 0.25) is 6.04 Å². The van der Waals surface area contributed by atoms with Gasteiger partial charge >= 0.3 is 9.28 Å². The van der Waals surface area contributed by atoms with Crippen LogP contribution in [0.15, 0.2) is 0 Å². The maximum Gasteiger partial charge on any atom is 0.321 e. The zero-order valence-corrected chi connectivity index (χ0v) is 13.8. The quantitative estimate of drug-likeness (QED) is 0.350. The molecule has 0 spiro atoms. The van der Waals surface area contributed by atoms with Crippen molar-refractivity contribution in [3.63, 3.8) is 0 Å². The van der Waals surface area contributed by atoms with Crippen LogP contribution in [0.3, 0.4) is 0 Å². The monoisotopic (exact) mass is 286 g/mol. The fourth-order valence-electron chi connectivity index (χ4n) is 3.26. The summed E-state index contributed by atoms with van der Waals surface area (Å²) in [6.07, 6.45) is 10.8. The van der Waals surface area contributed by atoms with Crippen molar-refractivity contribution >= 4 is 9.28 Å². The van der Waals surface area contributed by atoms with Crippen LogP contribution in [0, 0.1) is 5.92 Å². The van der Waals surface area contributed by atoms with E-state index in [1.165, 1.54) is 51.0 Å². The van der Waals surface area contributed by atoms with Crippen LogP contribution >= 0.6 is 0 Å². The normalized spacial score (nSPS) is 29.5. The maximum absolute atomic E-state index is 5.70. The fourth-order valence-corrected chi connectivity index (χ4v) is 5.05. The molecule has 112 valence electrons. The minimum absolute atomic E-state index is 0.645. The van der Waals surface area contributed by atoms with Crippen molar-refractivity contribution < 1.29 is 13.6 Å². The molecule has 3 unspecified atom stereocenters. The van der Waals surface area contributed by atoms with Gasteiger partial charge in [0.2, 0.25) is 0 Å². The van der Waals surface area contributed by atoms with Gasteiger partial charge in [0.25, 0.3) is 0 Å². The first-order chi connectivity index (χ1) is 9.33. The van der Waals surface area contributed by atoms with Gasteiger partial charge in [0, 0.05) is 13.2 Å². The predicted octanol–water partition coefficient (Wildman–Crippen LogP) is 3.41. The van der Waals surface area contributed by atoms with E-state index in [1.54, 1.807) is 0 Å². The van der Waals surface area contributed by atoms with Gasteiger partial charge in [-0.3, -0.25) is 0 Å². The molecule has 1 heterocycles. The molecule has 3 nitrogen and oxygen atoms in total. The Hall–Kier alpha value is 0.0969. The standard InChI is InChI=1S/C15H30O3Si/c1-3-16-19(17-4-2)11-7-5-6-8-13-9-10-14-15(12-13)18-14/h13-15,19H,3-12H2,1-2H3. The Balaban J connectivity index is 1.46. The second-order valence-electron chi connectivity index (χ2n) is 5.87. The van der Waals surface area contributed by atoms with Crippen molar-refractivity contribution in [2.45, 2.75) is 77.0 Å². The van der Waals surface area contributed by atoms with Gasteiger partial charge in [-0.1, -0.05) is 25.7 Å². The molecule has 0 amide bonds. The third-order valence-corrected chi connectivity index (χ3v) is 6.66. The van der Waals surface area contributed by atoms with Crippen molar-refractivity contribution in [3.05, 3.63) is 0 Å². The van der Waals surface area contributed by atoms with E-state index >= 15 is 0 Å². The van der Waals surface area contributed by atoms with Crippen LogP contribution in [0.25, 0.3) is 0 Å². The van der Waals surface area contributed by atoms with Gasteiger partial charge in [-0.2, -0.15) is 0 Å². The first-order valence-corrected chi connectivity index (χ1v) is 9.98. The van der Waals surface area contributed by atoms with E-state index in [2.05, 4.69) is 13.8 Å². The van der Waals surface area contributed by atoms with Crippen molar-refractivity contribution in [2.75, 3.05) is 13.2 Å². The Morgan fingerprint density at radius 2 is 1.79 bits per heavy atom. The Bertz CT molecular complexity index is 240. The molecule has 0 radical (unpaired) electrons. The molecule has 3 atom stereocenters. The Morgan fingerprint density at radius 1 is 1.00 bits per heavy atom. The number of fused-ring (bicyclic) bond motifs is 1. The van der Waals surface area contributed by atoms with Crippen molar-refractivity contribution in [1.82, 2.24) is 0 Å². The summed E-state index contributed by atoms with van der Waals surface area (Å²) in [5, 5.41) is 0. The molecule has 1 saturated heterocycles. The molecular weight excluding hydrogens is 256 g/mol. The SMILES string of the molecule is CCO[SiH](CCCCCC1CCC2OC2C1)OCC. The first-order valence-electron chi connectivity index (χ1n) is 8.22. The van der Waals surface area contributed by atoms with Crippen LogP contribution in [-0.2, 0) is 13.6 Å². The summed E-state index contributed by atoms with van der Waals surface area (Å²) in [5.41, 5.74) is 0. The van der Waals surface area contributed by atoms with Gasteiger partial charge < -0.3 is 13.6 Å². The third kappa shape index (κ3) is 5.54. The average Bonchev–Trinajstić information content (AvgIpc) is 3.17. The van der Waals surface area contributed by atoms with E-state index in [0.717, 1.165) is 19.1 Å². The molecule has 1 aliphatic heterocycles. The van der Waals surface area contributed by atoms with Crippen molar-refractivity contribution in [2.24, 2.45) is 5.92 Å². The van der Waals surface area contributed by atoms with E-state index in [4.69, 9.17) is 13.6 Å². The van der Waals surface area contributed by atoms with Crippen LogP contribution in [0.4, 0.5) is 0 Å². The summed E-state index contributed by atoms with van der Waals surface area (Å²) in [5.74, 6) is 0.940. The summed E-state index contributed by atoms with van der Waals surface area (Å²) in [6, 6.07) is 1.18. The van der Waals surface area contributed by atoms with Gasteiger partial charge in [-0.15, -0.1) is 0 Å². The van der Waals surface area contributed by atoms with Gasteiger partial charge in [-0.05, 0) is 45.1 Å². The van der Waals surface area contributed by atoms with Crippen molar-refractivity contribution in [3.8, 4) is 0 Å². The molecule has 2 fully saturated rings. The Labute approximate surface area is 119 Å². The van der Waals surface area contributed by atoms with Crippen LogP contribution in [0.5, 0.6) is 0 Å². The average molecular weight is 286 g/mol. The molecule has 1 saturated carbocycles. The molecule has 0 N–H and O–H groups in total. The van der Waals surface area contributed by atoms with Gasteiger partial charge in [-0.25, -0.2) is 0 Å². The zero-order chi connectivity index (χ0) is 13.5. The topological polar surface area (TPSA) is 31.0 Å². The van der Waals surface area contributed by atoms with E-state index in [-0.39, 0.29) is 0 Å². The number of unbranched alkanes of at least 4 members (excludes halogenated alkanes) is 2. The van der Waals surface area contributed by atoms with Gasteiger partial charge in [0.1, 0.15) is 0 Å². The summed E-state index contributed by atoms with van der Waals surface area (Å²) in [4.78, 5) is 0. The van der Waals surface area contributed by atoms with Crippen molar-refractivity contribution in [1.29, 1.82) is 0 Å². The lowest BCUT2D eigenvalue weighted by atomic mass is 9.86. The smallest absolute Gasteiger partial charge is 0.321 e. The predicted molar refractivity (Wildman–Crippen MR) is 79.7 cm³/mol. The Morgan fingerprint density at radius 3 is 2.47 bits per heavy atom. The number of ether oxygens (including phenoxy) is 1. The lowest BCUT2D eigenvalue weighted by Crippen LogP contribution is -2.22. The third-order valence-electron chi connectivity index (χ3n) is 4.37. The molecule has 0 aromatic heterocycles. The molecule has 0 bridgehead atoms. The largest absolute Gasteiger partial charge is 0.397 e. The molecule has 19 heavy (non-hydrogen) atoms. The van der Waals surface area contributed by atoms with E-state index < -0.39 is 9.28 Å². The number of hydrogen-bond donors (Lipinski definition) is 0. The zero-order valence-electron chi connectivity index (χ0n) is 12.6. The molecule has 0 aromatic carbocycles. The highest BCUT2D eigenvalue weighted by Gasteiger charge is 2.43. The molecule has 2 rings (SSSR count). The summed E-state index contributed by atoms with van der Waals surface area (Å²) < 4.78 is 17.0. The second-order valence-corrected chi connectivity index (χ2v) is 7.97. The molecular formula is C15H30O3Si. The molecule has 0 aromatic rings. The van der Waals surface area contributed by atoms with E-state index in [1.807, 2.05) is 0 Å². The van der Waals surface area contributed by atoms with E-state index in [0.29, 0.717) is 12.2 Å². The van der Waals surface area contributed by atoms with E-state index in [9.17, 15) is 0 Å². The number of hydrogen-bond acceptors (Lipinski definition) is 3. The van der Waals surface area contributed by atoms with Crippen LogP contribution in [0.1, 0.15) is 58.8 Å². The summed E-state index contributed by atoms with van der Waals surface area (Å²) in [7, 11) is -1.33. The van der Waals surface area contributed by atoms with Gasteiger partial charge in [0.05, 0.1) is 12.2 Å². The minimum atomic E-state index is -1.33. The highest BCUT2D eigenvalue weighted by Crippen LogP contribution is 2.41. The lowest BCUT2D eigenvalue weighted by Gasteiger charge is -2.18. The summed E-state index contributed by atoms with van der Waals surface area (Å²) in [6.45, 7) is 5.74. The highest BCUT2D eigenvalue weighted by molar-refractivity contribution is 6.44.